The summed E-state index contributed by atoms with van der Waals surface area (Å²) in [5.74, 6) is 0.553. The number of amides is 1. The second kappa shape index (κ2) is 10.8. The first kappa shape index (κ1) is 26.9. The lowest BCUT2D eigenvalue weighted by Gasteiger charge is -2.41. The Morgan fingerprint density at radius 1 is 0.895 bits per heavy atom. The highest BCUT2D eigenvalue weighted by molar-refractivity contribution is 6.31. The molecule has 2 fully saturated rings. The quantitative estimate of drug-likeness (QED) is 0.321. The van der Waals surface area contributed by atoms with Gasteiger partial charge in [0.25, 0.3) is 0 Å². The van der Waals surface area contributed by atoms with E-state index in [9.17, 15) is 9.59 Å². The van der Waals surface area contributed by atoms with E-state index in [1.54, 1.807) is 6.92 Å². The fourth-order valence-electron chi connectivity index (χ4n) is 6.36. The molecule has 2 atom stereocenters. The summed E-state index contributed by atoms with van der Waals surface area (Å²) in [6.07, 6.45) is 2.40. The van der Waals surface area contributed by atoms with Crippen molar-refractivity contribution in [2.24, 2.45) is 5.92 Å². The molecule has 1 aliphatic carbocycles. The van der Waals surface area contributed by atoms with E-state index in [4.69, 9.17) is 23.2 Å². The van der Waals surface area contributed by atoms with Crippen LogP contribution in [-0.4, -0.2) is 48.2 Å². The molecule has 1 saturated heterocycles. The van der Waals surface area contributed by atoms with Crippen molar-refractivity contribution in [3.63, 3.8) is 0 Å². The van der Waals surface area contributed by atoms with Crippen LogP contribution < -0.4 is 0 Å². The van der Waals surface area contributed by atoms with Gasteiger partial charge in [-0.15, -0.1) is 0 Å². The van der Waals surface area contributed by atoms with Crippen LogP contribution in [-0.2, 0) is 27.0 Å². The van der Waals surface area contributed by atoms with Crippen molar-refractivity contribution in [3.8, 4) is 0 Å². The highest BCUT2D eigenvalue weighted by atomic mass is 35.5. The topological polar surface area (TPSA) is 40.6 Å². The number of halogens is 2. The number of likely N-dealkylation sites (tertiary alicyclic amines) is 1. The molecule has 1 amide bonds. The van der Waals surface area contributed by atoms with Gasteiger partial charge in [0.2, 0.25) is 5.91 Å². The lowest BCUT2D eigenvalue weighted by molar-refractivity contribution is -0.133. The smallest absolute Gasteiger partial charge is 0.233 e. The van der Waals surface area contributed by atoms with E-state index in [0.29, 0.717) is 16.6 Å². The number of likely N-dealkylation sites (N-methyl/N-ethyl adjacent to an activating group) is 1. The van der Waals surface area contributed by atoms with Gasteiger partial charge in [0, 0.05) is 30.2 Å². The van der Waals surface area contributed by atoms with Crippen molar-refractivity contribution >= 4 is 34.9 Å². The van der Waals surface area contributed by atoms with E-state index < -0.39 is 10.8 Å². The molecular formula is C32H34Cl2N2O2. The van der Waals surface area contributed by atoms with Gasteiger partial charge in [-0.2, -0.15) is 0 Å². The fraction of sp³-hybridized carbons (Fsp3) is 0.375. The van der Waals surface area contributed by atoms with Crippen LogP contribution in [0.3, 0.4) is 0 Å². The van der Waals surface area contributed by atoms with Crippen LogP contribution in [0.5, 0.6) is 0 Å². The first-order valence-electron chi connectivity index (χ1n) is 13.3. The first-order chi connectivity index (χ1) is 18.3. The molecule has 4 nitrogen and oxygen atoms in total. The molecule has 0 unspecified atom stereocenters. The predicted molar refractivity (Wildman–Crippen MR) is 154 cm³/mol. The average Bonchev–Trinajstić information content (AvgIpc) is 3.65. The summed E-state index contributed by atoms with van der Waals surface area (Å²) in [6, 6.07) is 25.6. The second-order valence-electron chi connectivity index (χ2n) is 10.9. The van der Waals surface area contributed by atoms with Crippen molar-refractivity contribution in [2.75, 3.05) is 26.7 Å². The molecule has 1 saturated carbocycles. The lowest BCUT2D eigenvalue weighted by Crippen LogP contribution is -2.47. The maximum atomic E-state index is 14.0. The van der Waals surface area contributed by atoms with Gasteiger partial charge < -0.3 is 9.80 Å². The summed E-state index contributed by atoms with van der Waals surface area (Å²) in [5, 5.41) is 1.33. The zero-order chi connectivity index (χ0) is 26.9. The Morgan fingerprint density at radius 3 is 2.16 bits per heavy atom. The molecule has 1 heterocycles. The third kappa shape index (κ3) is 5.02. The van der Waals surface area contributed by atoms with E-state index in [1.807, 2.05) is 78.7 Å². The molecular weight excluding hydrogens is 515 g/mol. The minimum absolute atomic E-state index is 0.115. The van der Waals surface area contributed by atoms with Crippen LogP contribution in [0.2, 0.25) is 10.0 Å². The second-order valence-corrected chi connectivity index (χ2v) is 11.8. The standard InChI is InChI=1S/C32H34Cl2N2O2/c1-23(37)31(25-9-4-3-5-10-25)16-18-36(19-17-31)22-27-20-32(27,26-12-14-28(33)15-13-26)30(38)35(2)21-24-8-6-7-11-29(24)34/h3-15,27H,16-22H2,1-2H3/t27-,32+/m0/s1. The third-order valence-electron chi connectivity index (χ3n) is 8.75. The number of rotatable bonds is 8. The number of carbonyl (C=O) groups excluding carboxylic acids is 2. The molecule has 6 heteroatoms. The third-order valence-corrected chi connectivity index (χ3v) is 9.37. The van der Waals surface area contributed by atoms with Crippen molar-refractivity contribution in [1.82, 2.24) is 9.80 Å². The molecule has 0 aromatic heterocycles. The Labute approximate surface area is 235 Å². The van der Waals surface area contributed by atoms with Crippen LogP contribution in [0, 0.1) is 5.92 Å². The number of carbonyl (C=O) groups is 2. The average molecular weight is 550 g/mol. The number of hydrogen-bond donors (Lipinski definition) is 0. The number of nitrogens with zero attached hydrogens (tertiary/aromatic N) is 2. The number of hydrogen-bond acceptors (Lipinski definition) is 3. The van der Waals surface area contributed by atoms with E-state index in [2.05, 4.69) is 17.0 Å². The van der Waals surface area contributed by atoms with Gasteiger partial charge in [-0.1, -0.05) is 83.9 Å². The summed E-state index contributed by atoms with van der Waals surface area (Å²) >= 11 is 12.6. The molecule has 38 heavy (non-hydrogen) atoms. The van der Waals surface area contributed by atoms with E-state index >= 15 is 0 Å². The van der Waals surface area contributed by atoms with Gasteiger partial charge in [-0.25, -0.2) is 0 Å². The van der Waals surface area contributed by atoms with Crippen molar-refractivity contribution < 1.29 is 9.59 Å². The van der Waals surface area contributed by atoms with Gasteiger partial charge in [0.15, 0.2) is 0 Å². The number of Topliss-reactive ketones (excluding diaryl/α,β-unsaturated/α-hetero) is 1. The largest absolute Gasteiger partial charge is 0.341 e. The van der Waals surface area contributed by atoms with E-state index in [1.165, 1.54) is 0 Å². The molecule has 0 radical (unpaired) electrons. The zero-order valence-corrected chi connectivity index (χ0v) is 23.5. The molecule has 0 bridgehead atoms. The minimum Gasteiger partial charge on any atom is -0.341 e. The first-order valence-corrected chi connectivity index (χ1v) is 14.1. The highest BCUT2D eigenvalue weighted by Crippen LogP contribution is 2.56. The van der Waals surface area contributed by atoms with E-state index in [-0.39, 0.29) is 17.6 Å². The molecule has 198 valence electrons. The number of benzene rings is 3. The van der Waals surface area contributed by atoms with Gasteiger partial charge in [-0.05, 0) is 80.1 Å². The monoisotopic (exact) mass is 548 g/mol. The highest BCUT2D eigenvalue weighted by Gasteiger charge is 2.62. The summed E-state index contributed by atoms with van der Waals surface area (Å²) in [6.45, 7) is 4.69. The molecule has 3 aromatic carbocycles. The number of ketones is 1. The normalized spacial score (nSPS) is 22.6. The zero-order valence-electron chi connectivity index (χ0n) is 22.0. The SMILES string of the molecule is CC(=O)C1(c2ccccc2)CCN(C[C@@H]2C[C@@]2(C(=O)N(C)Cc2ccccc2Cl)c2ccc(Cl)cc2)CC1. The Hall–Kier alpha value is -2.66. The summed E-state index contributed by atoms with van der Waals surface area (Å²) in [4.78, 5) is 31.1. The molecule has 5 rings (SSSR count). The molecule has 2 aliphatic rings. The molecule has 0 N–H and O–H groups in total. The summed E-state index contributed by atoms with van der Waals surface area (Å²) in [5.41, 5.74) is 2.08. The van der Waals surface area contributed by atoms with Crippen LogP contribution in [0.1, 0.15) is 42.9 Å². The van der Waals surface area contributed by atoms with Crippen molar-refractivity contribution in [2.45, 2.75) is 43.6 Å². The van der Waals surface area contributed by atoms with Crippen LogP contribution in [0.4, 0.5) is 0 Å². The van der Waals surface area contributed by atoms with E-state index in [0.717, 1.165) is 55.6 Å². The van der Waals surface area contributed by atoms with Crippen molar-refractivity contribution in [1.29, 1.82) is 0 Å². The van der Waals surface area contributed by atoms with Crippen LogP contribution in [0.15, 0.2) is 78.9 Å². The summed E-state index contributed by atoms with van der Waals surface area (Å²) in [7, 11) is 1.86. The predicted octanol–water partition coefficient (Wildman–Crippen LogP) is 6.53. The number of piperidine rings is 1. The Morgan fingerprint density at radius 2 is 1.53 bits per heavy atom. The van der Waals surface area contributed by atoms with Gasteiger partial charge >= 0.3 is 0 Å². The van der Waals surface area contributed by atoms with Crippen LogP contribution in [0.25, 0.3) is 0 Å². The maximum Gasteiger partial charge on any atom is 0.233 e. The molecule has 3 aromatic rings. The van der Waals surface area contributed by atoms with Crippen molar-refractivity contribution in [3.05, 3.63) is 106 Å². The molecule has 0 spiro atoms. The summed E-state index contributed by atoms with van der Waals surface area (Å²) < 4.78 is 0. The van der Waals surface area contributed by atoms with Gasteiger partial charge in [0.1, 0.15) is 5.78 Å². The molecule has 1 aliphatic heterocycles. The van der Waals surface area contributed by atoms with Gasteiger partial charge in [0.05, 0.1) is 10.8 Å². The Bertz CT molecular complexity index is 1300. The minimum atomic E-state index is -0.574. The maximum absolute atomic E-state index is 14.0. The van der Waals surface area contributed by atoms with Crippen LogP contribution >= 0.6 is 23.2 Å². The fourth-order valence-corrected chi connectivity index (χ4v) is 6.68. The Kier molecular flexibility index (Phi) is 7.68. The Balaban J connectivity index is 1.33. The lowest BCUT2D eigenvalue weighted by atomic mass is 9.70. The van der Waals surface area contributed by atoms with Gasteiger partial charge in [-0.3, -0.25) is 9.59 Å².